The topological polar surface area (TPSA) is 25.8 Å². The molecule has 0 spiro atoms. The van der Waals surface area contributed by atoms with E-state index in [2.05, 4.69) is 218 Å². The smallest absolute Gasteiger partial charge is 0.160 e. The lowest BCUT2D eigenvalue weighted by Crippen LogP contribution is -2.28. The third kappa shape index (κ3) is 6.46. The van der Waals surface area contributed by atoms with Gasteiger partial charge in [-0.25, -0.2) is 9.97 Å². The fraction of sp³-hybridized carbons (Fsp3) is 0.0169. The minimum absolute atomic E-state index is 0.408. The Labute approximate surface area is 357 Å². The molecular formula is C59H40N2. The van der Waals surface area contributed by atoms with Crippen molar-refractivity contribution in [2.45, 2.75) is 5.41 Å². The van der Waals surface area contributed by atoms with E-state index in [0.29, 0.717) is 5.82 Å². The zero-order valence-electron chi connectivity index (χ0n) is 33.5. The second kappa shape index (κ2) is 15.3. The summed E-state index contributed by atoms with van der Waals surface area (Å²) in [7, 11) is 0. The molecule has 0 unspecified atom stereocenters. The summed E-state index contributed by atoms with van der Waals surface area (Å²) in [6.07, 6.45) is 0. The number of benzene rings is 9. The van der Waals surface area contributed by atoms with Gasteiger partial charge in [0.1, 0.15) is 0 Å². The van der Waals surface area contributed by atoms with Gasteiger partial charge in [-0.3, -0.25) is 0 Å². The van der Waals surface area contributed by atoms with Crippen LogP contribution in [-0.2, 0) is 5.41 Å². The molecule has 286 valence electrons. The van der Waals surface area contributed by atoms with Crippen molar-refractivity contribution in [3.05, 3.63) is 265 Å². The van der Waals surface area contributed by atoms with Crippen molar-refractivity contribution in [3.63, 3.8) is 0 Å². The van der Waals surface area contributed by atoms with Crippen LogP contribution in [0.3, 0.4) is 0 Å². The highest BCUT2D eigenvalue weighted by atomic mass is 14.9. The Hall–Kier alpha value is -7.94. The third-order valence-electron chi connectivity index (χ3n) is 12.2. The standard InChI is InChI=1S/C59H40N2/c1-5-17-41(18-6-1)46-22-16-24-49(38-46)57-40-56(60-58(61-57)44-19-7-2-8-20-44)43-33-31-42(32-34-43)45-21-15-23-47(37-45)48-35-36-55-53(39-48)52-29-13-14-30-54(52)59(55,50-25-9-3-10-26-50)51-27-11-4-12-28-51/h1-40H. The molecule has 0 aliphatic heterocycles. The van der Waals surface area contributed by atoms with Gasteiger partial charge in [0.05, 0.1) is 16.8 Å². The molecule has 1 heterocycles. The van der Waals surface area contributed by atoms with E-state index in [1.165, 1.54) is 55.6 Å². The predicted molar refractivity (Wildman–Crippen MR) is 252 cm³/mol. The molecule has 10 aromatic rings. The summed E-state index contributed by atoms with van der Waals surface area (Å²) < 4.78 is 0. The van der Waals surface area contributed by atoms with Crippen LogP contribution < -0.4 is 0 Å². The fourth-order valence-corrected chi connectivity index (χ4v) is 9.29. The van der Waals surface area contributed by atoms with Crippen molar-refractivity contribution in [2.75, 3.05) is 0 Å². The fourth-order valence-electron chi connectivity index (χ4n) is 9.29. The molecule has 0 atom stereocenters. The molecule has 0 bridgehead atoms. The van der Waals surface area contributed by atoms with Crippen molar-refractivity contribution in [1.82, 2.24) is 9.97 Å². The molecule has 2 heteroatoms. The van der Waals surface area contributed by atoms with Crippen LogP contribution in [0, 0.1) is 0 Å². The molecule has 0 saturated carbocycles. The minimum Gasteiger partial charge on any atom is -0.228 e. The van der Waals surface area contributed by atoms with Crippen molar-refractivity contribution in [3.8, 4) is 78.4 Å². The van der Waals surface area contributed by atoms with Crippen molar-refractivity contribution < 1.29 is 0 Å². The van der Waals surface area contributed by atoms with E-state index >= 15 is 0 Å². The summed E-state index contributed by atoms with van der Waals surface area (Å²) in [5.41, 5.74) is 19.2. The van der Waals surface area contributed by atoms with E-state index in [1.807, 2.05) is 24.3 Å². The maximum absolute atomic E-state index is 5.12. The van der Waals surface area contributed by atoms with E-state index in [4.69, 9.17) is 9.97 Å². The van der Waals surface area contributed by atoms with E-state index < -0.39 is 5.41 Å². The normalized spacial score (nSPS) is 12.4. The molecule has 1 aliphatic rings. The summed E-state index contributed by atoms with van der Waals surface area (Å²) in [4.78, 5) is 10.2. The molecule has 0 N–H and O–H groups in total. The average Bonchev–Trinajstić information content (AvgIpc) is 3.65. The predicted octanol–water partition coefficient (Wildman–Crippen LogP) is 14.8. The molecule has 61 heavy (non-hydrogen) atoms. The largest absolute Gasteiger partial charge is 0.228 e. The number of aromatic nitrogens is 2. The molecule has 0 fully saturated rings. The molecule has 1 aliphatic carbocycles. The van der Waals surface area contributed by atoms with Crippen LogP contribution in [-0.4, -0.2) is 9.97 Å². The van der Waals surface area contributed by atoms with Gasteiger partial charge in [-0.15, -0.1) is 0 Å². The minimum atomic E-state index is -0.408. The summed E-state index contributed by atoms with van der Waals surface area (Å²) in [5, 5.41) is 0. The van der Waals surface area contributed by atoms with E-state index in [0.717, 1.165) is 39.2 Å². The van der Waals surface area contributed by atoms with E-state index in [1.54, 1.807) is 0 Å². The van der Waals surface area contributed by atoms with Gasteiger partial charge in [-0.1, -0.05) is 218 Å². The summed E-state index contributed by atoms with van der Waals surface area (Å²) in [6.45, 7) is 0. The zero-order valence-corrected chi connectivity index (χ0v) is 33.5. The summed E-state index contributed by atoms with van der Waals surface area (Å²) in [5.74, 6) is 0.705. The lowest BCUT2D eigenvalue weighted by molar-refractivity contribution is 0.768. The maximum Gasteiger partial charge on any atom is 0.160 e. The maximum atomic E-state index is 5.12. The van der Waals surface area contributed by atoms with Gasteiger partial charge in [0.25, 0.3) is 0 Å². The van der Waals surface area contributed by atoms with Crippen LogP contribution in [0.5, 0.6) is 0 Å². The Morgan fingerprint density at radius 1 is 0.246 bits per heavy atom. The molecule has 9 aromatic carbocycles. The van der Waals surface area contributed by atoms with Gasteiger partial charge in [-0.05, 0) is 91.0 Å². The van der Waals surface area contributed by atoms with Crippen molar-refractivity contribution in [2.24, 2.45) is 0 Å². The van der Waals surface area contributed by atoms with Gasteiger partial charge < -0.3 is 0 Å². The van der Waals surface area contributed by atoms with Gasteiger partial charge in [0, 0.05) is 16.7 Å². The summed E-state index contributed by atoms with van der Waals surface area (Å²) >= 11 is 0. The van der Waals surface area contributed by atoms with Crippen molar-refractivity contribution in [1.29, 1.82) is 0 Å². The van der Waals surface area contributed by atoms with Crippen LogP contribution >= 0.6 is 0 Å². The van der Waals surface area contributed by atoms with Crippen LogP contribution in [0.4, 0.5) is 0 Å². The molecule has 1 aromatic heterocycles. The van der Waals surface area contributed by atoms with Gasteiger partial charge in [0.2, 0.25) is 0 Å². The Balaban J connectivity index is 0.954. The number of hydrogen-bond acceptors (Lipinski definition) is 2. The SMILES string of the molecule is c1ccc(-c2cccc(-c3cc(-c4ccc(-c5cccc(-c6ccc7c(c6)-c6ccccc6C7(c6ccccc6)c6ccccc6)c5)cc4)nc(-c4ccccc4)n3)c2)cc1. The highest BCUT2D eigenvalue weighted by molar-refractivity contribution is 5.89. The second-order valence-corrected chi connectivity index (χ2v) is 15.7. The highest BCUT2D eigenvalue weighted by Gasteiger charge is 2.45. The van der Waals surface area contributed by atoms with E-state index in [9.17, 15) is 0 Å². The monoisotopic (exact) mass is 776 g/mol. The van der Waals surface area contributed by atoms with Crippen LogP contribution in [0.25, 0.3) is 78.4 Å². The average molecular weight is 777 g/mol. The molecule has 11 rings (SSSR count). The third-order valence-corrected chi connectivity index (χ3v) is 12.2. The first-order chi connectivity index (χ1) is 30.2. The molecule has 0 saturated heterocycles. The first-order valence-electron chi connectivity index (χ1n) is 20.9. The Kier molecular flexibility index (Phi) is 9.09. The number of nitrogens with zero attached hydrogens (tertiary/aromatic N) is 2. The first-order valence-corrected chi connectivity index (χ1v) is 20.9. The Bertz CT molecular complexity index is 3120. The number of hydrogen-bond donors (Lipinski definition) is 0. The molecule has 2 nitrogen and oxygen atoms in total. The van der Waals surface area contributed by atoms with Crippen LogP contribution in [0.1, 0.15) is 22.3 Å². The molecule has 0 radical (unpaired) electrons. The lowest BCUT2D eigenvalue weighted by atomic mass is 9.67. The number of rotatable bonds is 8. The molecule has 0 amide bonds. The summed E-state index contributed by atoms with van der Waals surface area (Å²) in [6, 6.07) is 87.1. The van der Waals surface area contributed by atoms with Crippen LogP contribution in [0.15, 0.2) is 243 Å². The number of fused-ring (bicyclic) bond motifs is 3. The Morgan fingerprint density at radius 3 is 1.30 bits per heavy atom. The first kappa shape index (κ1) is 36.2. The van der Waals surface area contributed by atoms with E-state index in [-0.39, 0.29) is 0 Å². The molecular weight excluding hydrogens is 737 g/mol. The zero-order chi connectivity index (χ0) is 40.6. The Morgan fingerprint density at radius 2 is 0.656 bits per heavy atom. The van der Waals surface area contributed by atoms with Crippen LogP contribution in [0.2, 0.25) is 0 Å². The van der Waals surface area contributed by atoms with Gasteiger partial charge in [-0.2, -0.15) is 0 Å². The second-order valence-electron chi connectivity index (χ2n) is 15.7. The van der Waals surface area contributed by atoms with Gasteiger partial charge >= 0.3 is 0 Å². The quantitative estimate of drug-likeness (QED) is 0.154. The lowest BCUT2D eigenvalue weighted by Gasteiger charge is -2.33. The van der Waals surface area contributed by atoms with Gasteiger partial charge in [0.15, 0.2) is 5.82 Å². The highest BCUT2D eigenvalue weighted by Crippen LogP contribution is 2.56. The van der Waals surface area contributed by atoms with Crippen molar-refractivity contribution >= 4 is 0 Å².